The molecule has 0 atom stereocenters. The maximum Gasteiger partial charge on any atom is 0.416 e. The molecule has 40 heavy (non-hydrogen) atoms. The van der Waals surface area contributed by atoms with Gasteiger partial charge in [0, 0.05) is 15.6 Å². The molecule has 1 aromatic heterocycles. The molecule has 1 heterocycles. The van der Waals surface area contributed by atoms with Crippen molar-refractivity contribution in [3.63, 3.8) is 0 Å². The number of carbonyl (C=O) groups excluding carboxylic acids is 1. The summed E-state index contributed by atoms with van der Waals surface area (Å²) in [6, 6.07) is 12.5. The quantitative estimate of drug-likeness (QED) is 0.157. The van der Waals surface area contributed by atoms with Gasteiger partial charge in [0.2, 0.25) is 0 Å². The Bertz CT molecular complexity index is 1670. The summed E-state index contributed by atoms with van der Waals surface area (Å²) in [5.74, 6) is -0.192. The van der Waals surface area contributed by atoms with Gasteiger partial charge in [-0.2, -0.15) is 22.9 Å². The van der Waals surface area contributed by atoms with E-state index in [1.165, 1.54) is 25.5 Å². The number of hydrogen-bond acceptors (Lipinski definition) is 7. The Morgan fingerprint density at radius 2 is 1.85 bits per heavy atom. The number of ether oxygens (including phenoxy) is 3. The summed E-state index contributed by atoms with van der Waals surface area (Å²) in [7, 11) is 1.40. The van der Waals surface area contributed by atoms with Crippen LogP contribution >= 0.6 is 31.9 Å². The Morgan fingerprint density at radius 1 is 1.10 bits per heavy atom. The van der Waals surface area contributed by atoms with E-state index in [1.807, 2.05) is 0 Å². The predicted molar refractivity (Wildman–Crippen MR) is 150 cm³/mol. The lowest BCUT2D eigenvalue weighted by Gasteiger charge is -2.15. The van der Waals surface area contributed by atoms with Crippen molar-refractivity contribution in [2.24, 2.45) is 5.10 Å². The highest BCUT2D eigenvalue weighted by atomic mass is 79.9. The van der Waals surface area contributed by atoms with Crippen molar-refractivity contribution in [1.29, 1.82) is 0 Å². The van der Waals surface area contributed by atoms with E-state index in [0.29, 0.717) is 20.0 Å². The van der Waals surface area contributed by atoms with E-state index in [-0.39, 0.29) is 41.5 Å². The highest BCUT2D eigenvalue weighted by Gasteiger charge is 2.31. The number of para-hydroxylation sites is 1. The molecule has 4 rings (SSSR count). The average Bonchev–Trinajstić information content (AvgIpc) is 2.93. The smallest absolute Gasteiger partial charge is 0.416 e. The molecule has 208 valence electrons. The van der Waals surface area contributed by atoms with E-state index in [1.54, 1.807) is 37.3 Å². The zero-order chi connectivity index (χ0) is 29.0. The number of rotatable bonds is 8. The van der Waals surface area contributed by atoms with Gasteiger partial charge >= 0.3 is 12.1 Å². The lowest BCUT2D eigenvalue weighted by atomic mass is 10.1. The zero-order valence-corrected chi connectivity index (χ0v) is 24.1. The van der Waals surface area contributed by atoms with Gasteiger partial charge in [-0.25, -0.2) is 9.78 Å². The fourth-order valence-electron chi connectivity index (χ4n) is 3.69. The average molecular weight is 683 g/mol. The van der Waals surface area contributed by atoms with Crippen LogP contribution in [0.4, 0.5) is 13.2 Å². The first-order valence-corrected chi connectivity index (χ1v) is 13.2. The van der Waals surface area contributed by atoms with Crippen LogP contribution in [0.1, 0.15) is 18.1 Å². The normalized spacial score (nSPS) is 11.7. The molecule has 13 heteroatoms. The van der Waals surface area contributed by atoms with Crippen molar-refractivity contribution in [3.8, 4) is 22.9 Å². The van der Waals surface area contributed by atoms with E-state index >= 15 is 0 Å². The maximum atomic E-state index is 13.4. The van der Waals surface area contributed by atoms with Crippen LogP contribution in [0.5, 0.6) is 11.5 Å². The number of nitrogens with zero attached hydrogens (tertiary/aromatic N) is 3. The molecule has 0 saturated heterocycles. The summed E-state index contributed by atoms with van der Waals surface area (Å²) in [6.45, 7) is 1.51. The van der Waals surface area contributed by atoms with Crippen molar-refractivity contribution >= 4 is 54.9 Å². The van der Waals surface area contributed by atoms with Gasteiger partial charge in [-0.3, -0.25) is 4.79 Å². The first-order valence-electron chi connectivity index (χ1n) is 11.6. The summed E-state index contributed by atoms with van der Waals surface area (Å²) < 4.78 is 57.9. The second-order valence-corrected chi connectivity index (χ2v) is 9.70. The third kappa shape index (κ3) is 6.20. The highest BCUT2D eigenvalue weighted by Crippen LogP contribution is 2.42. The van der Waals surface area contributed by atoms with Crippen molar-refractivity contribution in [2.45, 2.75) is 13.1 Å². The van der Waals surface area contributed by atoms with E-state index in [9.17, 15) is 22.8 Å². The van der Waals surface area contributed by atoms with Gasteiger partial charge in [0.05, 0.1) is 40.9 Å². The Hall–Kier alpha value is -3.71. The summed E-state index contributed by atoms with van der Waals surface area (Å²) in [5, 5.41) is 4.55. The molecule has 3 aromatic carbocycles. The second-order valence-electron chi connectivity index (χ2n) is 8.11. The number of esters is 1. The number of fused-ring (bicyclic) bond motifs is 1. The first kappa shape index (κ1) is 29.3. The van der Waals surface area contributed by atoms with Gasteiger partial charge in [0.15, 0.2) is 23.9 Å². The molecule has 0 saturated carbocycles. The molecule has 0 aliphatic heterocycles. The second kappa shape index (κ2) is 12.2. The van der Waals surface area contributed by atoms with Crippen LogP contribution in [0.25, 0.3) is 22.3 Å². The molecular formula is C27H20Br2F3N3O5. The Morgan fingerprint density at radius 3 is 2.55 bits per heavy atom. The predicted octanol–water partition coefficient (Wildman–Crippen LogP) is 6.44. The summed E-state index contributed by atoms with van der Waals surface area (Å²) in [5.41, 5.74) is -0.693. The van der Waals surface area contributed by atoms with Gasteiger partial charge in [0.25, 0.3) is 5.56 Å². The Kier molecular flexibility index (Phi) is 8.94. The van der Waals surface area contributed by atoms with Crippen LogP contribution < -0.4 is 15.0 Å². The topological polar surface area (TPSA) is 92.0 Å². The molecule has 0 aliphatic rings. The monoisotopic (exact) mass is 681 g/mol. The number of methoxy groups -OCH3 is 1. The largest absolute Gasteiger partial charge is 0.493 e. The number of alkyl halides is 3. The molecule has 0 aliphatic carbocycles. The number of benzene rings is 3. The molecule has 0 N–H and O–H groups in total. The minimum absolute atomic E-state index is 0.0513. The SMILES string of the molecule is CCOC(=O)COc1c(OC)cc(C=Nn2c(-c3cccc(C(F)(F)F)c3)nc3ccccc3c2=O)c(Br)c1Br. The molecule has 0 fully saturated rings. The molecule has 0 spiro atoms. The van der Waals surface area contributed by atoms with E-state index in [0.717, 1.165) is 16.8 Å². The fraction of sp³-hybridized carbons (Fsp3) is 0.185. The lowest BCUT2D eigenvalue weighted by molar-refractivity contribution is -0.145. The standard InChI is InChI=1S/C27H20Br2F3N3O5/c1-3-39-21(36)14-40-24-20(38-2)12-16(22(28)23(24)29)13-33-35-25(15-7-6-8-17(11-15)27(30,31)32)34-19-10-5-4-9-18(19)26(35)37/h4-13H,3,14H2,1-2H3. The minimum atomic E-state index is -4.59. The molecule has 8 nitrogen and oxygen atoms in total. The molecule has 0 amide bonds. The fourth-order valence-corrected chi connectivity index (χ4v) is 4.63. The number of halogens is 5. The van der Waals surface area contributed by atoms with E-state index in [4.69, 9.17) is 14.2 Å². The van der Waals surface area contributed by atoms with Gasteiger partial charge in [-0.1, -0.05) is 24.3 Å². The summed E-state index contributed by atoms with van der Waals surface area (Å²) in [6.07, 6.45) is -3.27. The minimum Gasteiger partial charge on any atom is -0.493 e. The van der Waals surface area contributed by atoms with Crippen LogP contribution in [0, 0.1) is 0 Å². The summed E-state index contributed by atoms with van der Waals surface area (Å²) in [4.78, 5) is 29.6. The molecule has 0 bridgehead atoms. The van der Waals surface area contributed by atoms with Gasteiger partial charge in [0.1, 0.15) is 0 Å². The third-order valence-electron chi connectivity index (χ3n) is 5.53. The van der Waals surface area contributed by atoms with Crippen molar-refractivity contribution in [1.82, 2.24) is 9.66 Å². The van der Waals surface area contributed by atoms with E-state index < -0.39 is 23.3 Å². The van der Waals surface area contributed by atoms with Gasteiger partial charge < -0.3 is 14.2 Å². The molecule has 0 unspecified atom stereocenters. The summed E-state index contributed by atoms with van der Waals surface area (Å²) >= 11 is 6.85. The third-order valence-corrected chi connectivity index (χ3v) is 7.67. The first-order chi connectivity index (χ1) is 19.0. The lowest BCUT2D eigenvalue weighted by Crippen LogP contribution is -2.20. The van der Waals surface area contributed by atoms with Gasteiger partial charge in [-0.15, -0.1) is 0 Å². The maximum absolute atomic E-state index is 13.4. The van der Waals surface area contributed by atoms with Crippen molar-refractivity contribution in [3.05, 3.63) is 85.0 Å². The number of carbonyl (C=O) groups is 1. The molecule has 4 aromatic rings. The molecular weight excluding hydrogens is 663 g/mol. The Balaban J connectivity index is 1.83. The van der Waals surface area contributed by atoms with E-state index in [2.05, 4.69) is 41.9 Å². The molecule has 0 radical (unpaired) electrons. The Labute approximate surface area is 242 Å². The highest BCUT2D eigenvalue weighted by molar-refractivity contribution is 9.13. The van der Waals surface area contributed by atoms with Crippen molar-refractivity contribution < 1.29 is 32.2 Å². The number of aromatic nitrogens is 2. The van der Waals surface area contributed by atoms with Crippen molar-refractivity contribution in [2.75, 3.05) is 20.3 Å². The number of hydrogen-bond donors (Lipinski definition) is 0. The van der Waals surface area contributed by atoms with Crippen LogP contribution in [0.15, 0.2) is 73.4 Å². The van der Waals surface area contributed by atoms with Crippen LogP contribution in [-0.4, -0.2) is 42.2 Å². The van der Waals surface area contributed by atoms with Crippen LogP contribution in [-0.2, 0) is 15.7 Å². The van der Waals surface area contributed by atoms with Crippen LogP contribution in [0.2, 0.25) is 0 Å². The van der Waals surface area contributed by atoms with Crippen LogP contribution in [0.3, 0.4) is 0 Å². The zero-order valence-electron chi connectivity index (χ0n) is 21.0. The van der Waals surface area contributed by atoms with Gasteiger partial charge in [-0.05, 0) is 69.1 Å².